The number of aryl methyl sites for hydroxylation is 1. The van der Waals surface area contributed by atoms with E-state index < -0.39 is 12.3 Å². The van der Waals surface area contributed by atoms with Gasteiger partial charge in [-0.25, -0.2) is 0 Å². The minimum Gasteiger partial charge on any atom is -0.496 e. The summed E-state index contributed by atoms with van der Waals surface area (Å²) < 4.78 is 41.7. The molecule has 0 aliphatic rings. The van der Waals surface area contributed by atoms with Gasteiger partial charge in [0.2, 0.25) is 0 Å². The summed E-state index contributed by atoms with van der Waals surface area (Å²) in [5.74, 6) is 0.0716. The van der Waals surface area contributed by atoms with Gasteiger partial charge in [0.1, 0.15) is 5.75 Å². The Kier molecular flexibility index (Phi) is 3.24. The summed E-state index contributed by atoms with van der Waals surface area (Å²) >= 11 is 0. The van der Waals surface area contributed by atoms with Crippen molar-refractivity contribution in [3.63, 3.8) is 0 Å². The van der Waals surface area contributed by atoms with E-state index in [0.29, 0.717) is 5.56 Å². The van der Waals surface area contributed by atoms with Gasteiger partial charge in [-0.2, -0.15) is 13.2 Å². The van der Waals surface area contributed by atoms with E-state index in [1.54, 1.807) is 13.0 Å². The van der Waals surface area contributed by atoms with E-state index in [4.69, 9.17) is 9.84 Å². The molecule has 0 saturated carbocycles. The number of halogens is 3. The van der Waals surface area contributed by atoms with Gasteiger partial charge in [-0.3, -0.25) is 0 Å². The first kappa shape index (κ1) is 11.8. The van der Waals surface area contributed by atoms with Crippen LogP contribution in [0, 0.1) is 6.92 Å². The van der Waals surface area contributed by atoms with Gasteiger partial charge < -0.3 is 9.84 Å². The van der Waals surface area contributed by atoms with Crippen molar-refractivity contribution in [2.75, 3.05) is 7.11 Å². The summed E-state index contributed by atoms with van der Waals surface area (Å²) in [6, 6.07) is 4.26. The molecular formula is C10H11F3O2. The zero-order chi connectivity index (χ0) is 11.6. The van der Waals surface area contributed by atoms with Crippen molar-refractivity contribution in [1.82, 2.24) is 0 Å². The highest BCUT2D eigenvalue weighted by Gasteiger charge is 2.41. The summed E-state index contributed by atoms with van der Waals surface area (Å²) in [4.78, 5) is 0. The normalized spacial score (nSPS) is 13.7. The largest absolute Gasteiger partial charge is 0.496 e. The molecule has 84 valence electrons. The van der Waals surface area contributed by atoms with Crippen LogP contribution in [0.4, 0.5) is 13.2 Å². The molecule has 0 aliphatic carbocycles. The molecule has 0 spiro atoms. The molecule has 1 N–H and O–H groups in total. The van der Waals surface area contributed by atoms with Crippen LogP contribution in [-0.4, -0.2) is 18.4 Å². The summed E-state index contributed by atoms with van der Waals surface area (Å²) in [7, 11) is 1.27. The minimum absolute atomic E-state index is 0.0716. The first-order chi connectivity index (χ1) is 6.88. The van der Waals surface area contributed by atoms with Crippen molar-refractivity contribution in [1.29, 1.82) is 0 Å². The van der Waals surface area contributed by atoms with Crippen molar-refractivity contribution < 1.29 is 23.0 Å². The van der Waals surface area contributed by atoms with Gasteiger partial charge >= 0.3 is 6.18 Å². The topological polar surface area (TPSA) is 29.5 Å². The smallest absolute Gasteiger partial charge is 0.418 e. The molecule has 0 unspecified atom stereocenters. The number of methoxy groups -OCH3 is 1. The molecule has 0 aliphatic heterocycles. The lowest BCUT2D eigenvalue weighted by Crippen LogP contribution is -2.21. The van der Waals surface area contributed by atoms with Crippen LogP contribution in [0.3, 0.4) is 0 Å². The molecule has 0 heterocycles. The maximum atomic E-state index is 12.3. The molecule has 1 rings (SSSR count). The fraction of sp³-hybridized carbons (Fsp3) is 0.400. The highest BCUT2D eigenvalue weighted by Crippen LogP contribution is 2.38. The third-order valence-corrected chi connectivity index (χ3v) is 2.05. The van der Waals surface area contributed by atoms with Crippen LogP contribution in [-0.2, 0) is 0 Å². The molecule has 1 aromatic rings. The van der Waals surface area contributed by atoms with E-state index in [2.05, 4.69) is 0 Å². The average Bonchev–Trinajstić information content (AvgIpc) is 2.14. The number of ether oxygens (including phenoxy) is 1. The number of para-hydroxylation sites is 1. The summed E-state index contributed by atoms with van der Waals surface area (Å²) in [6.45, 7) is 1.62. The van der Waals surface area contributed by atoms with Crippen LogP contribution < -0.4 is 4.74 Å². The van der Waals surface area contributed by atoms with E-state index >= 15 is 0 Å². The molecule has 0 radical (unpaired) electrons. The Morgan fingerprint density at radius 3 is 2.40 bits per heavy atom. The first-order valence-corrected chi connectivity index (χ1v) is 4.26. The van der Waals surface area contributed by atoms with Crippen LogP contribution in [0.25, 0.3) is 0 Å². The van der Waals surface area contributed by atoms with Gasteiger partial charge in [-0.05, 0) is 12.5 Å². The van der Waals surface area contributed by atoms with Crippen molar-refractivity contribution in [3.05, 3.63) is 29.3 Å². The van der Waals surface area contributed by atoms with Crippen molar-refractivity contribution in [3.8, 4) is 5.75 Å². The summed E-state index contributed by atoms with van der Waals surface area (Å²) in [6.07, 6.45) is -7.19. The molecule has 0 saturated heterocycles. The summed E-state index contributed by atoms with van der Waals surface area (Å²) in [5, 5.41) is 9.09. The fourth-order valence-corrected chi connectivity index (χ4v) is 1.35. The Hall–Kier alpha value is -1.23. The lowest BCUT2D eigenvalue weighted by Gasteiger charge is -2.18. The van der Waals surface area contributed by atoms with Crippen LogP contribution in [0.5, 0.6) is 5.75 Å². The number of aliphatic hydroxyl groups is 1. The second-order valence-electron chi connectivity index (χ2n) is 3.14. The van der Waals surface area contributed by atoms with Crippen LogP contribution in [0.15, 0.2) is 18.2 Å². The predicted octanol–water partition coefficient (Wildman–Crippen LogP) is 2.60. The van der Waals surface area contributed by atoms with Gasteiger partial charge in [0.25, 0.3) is 0 Å². The number of rotatable bonds is 2. The SMILES string of the molecule is COc1c(C)cccc1[C@H](O)C(F)(F)F. The second-order valence-corrected chi connectivity index (χ2v) is 3.14. The molecule has 5 heteroatoms. The summed E-state index contributed by atoms with van der Waals surface area (Å²) in [5.41, 5.74) is 0.295. The number of aliphatic hydroxyl groups excluding tert-OH is 1. The zero-order valence-corrected chi connectivity index (χ0v) is 8.30. The van der Waals surface area contributed by atoms with Gasteiger partial charge in [0, 0.05) is 5.56 Å². The zero-order valence-electron chi connectivity index (χ0n) is 8.30. The quantitative estimate of drug-likeness (QED) is 0.830. The van der Waals surface area contributed by atoms with Crippen molar-refractivity contribution in [2.24, 2.45) is 0 Å². The highest BCUT2D eigenvalue weighted by atomic mass is 19.4. The highest BCUT2D eigenvalue weighted by molar-refractivity contribution is 5.42. The van der Waals surface area contributed by atoms with E-state index in [1.165, 1.54) is 19.2 Å². The maximum Gasteiger partial charge on any atom is 0.418 e. The molecular weight excluding hydrogens is 209 g/mol. The molecule has 1 aromatic carbocycles. The third-order valence-electron chi connectivity index (χ3n) is 2.05. The van der Waals surface area contributed by atoms with E-state index in [0.717, 1.165) is 0 Å². The molecule has 1 atom stereocenters. The molecule has 0 fully saturated rings. The van der Waals surface area contributed by atoms with Gasteiger partial charge in [-0.1, -0.05) is 18.2 Å². The third kappa shape index (κ3) is 2.41. The molecule has 0 aromatic heterocycles. The van der Waals surface area contributed by atoms with Crippen LogP contribution in [0.1, 0.15) is 17.2 Å². The van der Waals surface area contributed by atoms with Gasteiger partial charge in [0.15, 0.2) is 6.10 Å². The van der Waals surface area contributed by atoms with E-state index in [1.807, 2.05) is 0 Å². The van der Waals surface area contributed by atoms with Gasteiger partial charge in [0.05, 0.1) is 7.11 Å². The number of benzene rings is 1. The Bertz CT molecular complexity index is 347. The average molecular weight is 220 g/mol. The standard InChI is InChI=1S/C10H11F3O2/c1-6-4-3-5-7(8(6)15-2)9(14)10(11,12)13/h3-5,9,14H,1-2H3/t9-/m0/s1. The molecule has 15 heavy (non-hydrogen) atoms. The Balaban J connectivity index is 3.20. The maximum absolute atomic E-state index is 12.3. The first-order valence-electron chi connectivity index (χ1n) is 4.26. The Morgan fingerprint density at radius 1 is 1.33 bits per heavy atom. The van der Waals surface area contributed by atoms with Gasteiger partial charge in [-0.15, -0.1) is 0 Å². The second kappa shape index (κ2) is 4.10. The van der Waals surface area contributed by atoms with Crippen LogP contribution in [0.2, 0.25) is 0 Å². The number of hydrogen-bond donors (Lipinski definition) is 1. The Labute approximate surface area is 85.3 Å². The van der Waals surface area contributed by atoms with E-state index in [9.17, 15) is 13.2 Å². The van der Waals surface area contributed by atoms with Crippen molar-refractivity contribution >= 4 is 0 Å². The Morgan fingerprint density at radius 2 is 1.93 bits per heavy atom. The fourth-order valence-electron chi connectivity index (χ4n) is 1.35. The number of alkyl halides is 3. The van der Waals surface area contributed by atoms with Crippen LogP contribution >= 0.6 is 0 Å². The predicted molar refractivity (Wildman–Crippen MR) is 48.7 cm³/mol. The molecule has 0 bridgehead atoms. The minimum atomic E-state index is -4.68. The molecule has 0 amide bonds. The lowest BCUT2D eigenvalue weighted by molar-refractivity contribution is -0.207. The molecule has 2 nitrogen and oxygen atoms in total. The van der Waals surface area contributed by atoms with E-state index in [-0.39, 0.29) is 11.3 Å². The monoisotopic (exact) mass is 220 g/mol. The number of hydrogen-bond acceptors (Lipinski definition) is 2. The lowest BCUT2D eigenvalue weighted by atomic mass is 10.0. The van der Waals surface area contributed by atoms with Crippen molar-refractivity contribution in [2.45, 2.75) is 19.2 Å².